The van der Waals surface area contributed by atoms with Gasteiger partial charge in [0.2, 0.25) is 15.9 Å². The van der Waals surface area contributed by atoms with Crippen molar-refractivity contribution in [1.29, 1.82) is 0 Å². The number of ether oxygens (including phenoxy) is 1. The van der Waals surface area contributed by atoms with Gasteiger partial charge in [0.05, 0.1) is 12.0 Å². The maximum atomic E-state index is 12.8. The van der Waals surface area contributed by atoms with Gasteiger partial charge in [-0.3, -0.25) is 4.79 Å². The van der Waals surface area contributed by atoms with Gasteiger partial charge in [0.1, 0.15) is 5.75 Å². The van der Waals surface area contributed by atoms with Crippen molar-refractivity contribution in [3.63, 3.8) is 0 Å². The minimum atomic E-state index is -3.50. The number of sulfonamides is 1. The van der Waals surface area contributed by atoms with Crippen molar-refractivity contribution in [2.45, 2.75) is 30.6 Å². The van der Waals surface area contributed by atoms with Crippen LogP contribution in [0.3, 0.4) is 0 Å². The van der Waals surface area contributed by atoms with Gasteiger partial charge >= 0.3 is 0 Å². The summed E-state index contributed by atoms with van der Waals surface area (Å²) in [5.74, 6) is 0.457. The Morgan fingerprint density at radius 3 is 2.46 bits per heavy atom. The molecule has 0 radical (unpaired) electrons. The van der Waals surface area contributed by atoms with Crippen molar-refractivity contribution in [1.82, 2.24) is 4.31 Å². The highest BCUT2D eigenvalue weighted by atomic mass is 127. The predicted octanol–water partition coefficient (Wildman–Crippen LogP) is 3.66. The number of carbonyl (C=O) groups excluding carboxylic acids is 1. The second kappa shape index (κ2) is 9.23. The number of benzene rings is 2. The molecule has 3 rings (SSSR count). The SMILES string of the molecule is COc1ccc(S(=O)(=O)N2CCCC2)cc1CCC(=O)Nc1ccc(I)cc1. The second-order valence-corrected chi connectivity index (χ2v) is 9.82. The normalized spacial score (nSPS) is 14.8. The van der Waals surface area contributed by atoms with E-state index in [2.05, 4.69) is 27.9 Å². The molecule has 2 aromatic rings. The first-order chi connectivity index (χ1) is 13.4. The summed E-state index contributed by atoms with van der Waals surface area (Å²) in [7, 11) is -1.96. The van der Waals surface area contributed by atoms with Gasteiger partial charge in [-0.1, -0.05) is 0 Å². The molecule has 2 aromatic carbocycles. The fraction of sp³-hybridized carbons (Fsp3) is 0.350. The maximum absolute atomic E-state index is 12.8. The average molecular weight is 514 g/mol. The van der Waals surface area contributed by atoms with Gasteiger partial charge < -0.3 is 10.1 Å². The molecule has 8 heteroatoms. The molecule has 1 N–H and O–H groups in total. The van der Waals surface area contributed by atoms with Crippen molar-refractivity contribution < 1.29 is 17.9 Å². The molecule has 6 nitrogen and oxygen atoms in total. The number of rotatable bonds is 7. The van der Waals surface area contributed by atoms with E-state index in [0.717, 1.165) is 22.1 Å². The summed E-state index contributed by atoms with van der Waals surface area (Å²) in [4.78, 5) is 12.5. The molecule has 0 aliphatic carbocycles. The number of anilines is 1. The van der Waals surface area contributed by atoms with Gasteiger partial charge in [0.15, 0.2) is 0 Å². The van der Waals surface area contributed by atoms with Crippen LogP contribution in [0, 0.1) is 3.57 Å². The molecular formula is C20H23IN2O4S. The lowest BCUT2D eigenvalue weighted by Crippen LogP contribution is -2.28. The summed E-state index contributed by atoms with van der Waals surface area (Å²) >= 11 is 2.21. The second-order valence-electron chi connectivity index (χ2n) is 6.64. The lowest BCUT2D eigenvalue weighted by Gasteiger charge is -2.17. The van der Waals surface area contributed by atoms with Gasteiger partial charge in [-0.15, -0.1) is 0 Å². The maximum Gasteiger partial charge on any atom is 0.243 e. The molecule has 1 saturated heterocycles. The number of aryl methyl sites for hydroxylation is 1. The number of nitrogens with one attached hydrogen (secondary N) is 1. The number of carbonyl (C=O) groups is 1. The van der Waals surface area contributed by atoms with Crippen LogP contribution in [0.5, 0.6) is 5.75 Å². The van der Waals surface area contributed by atoms with Crippen LogP contribution in [0.15, 0.2) is 47.4 Å². The Labute approximate surface area is 179 Å². The first-order valence-electron chi connectivity index (χ1n) is 9.12. The topological polar surface area (TPSA) is 75.7 Å². The van der Waals surface area contributed by atoms with Crippen LogP contribution in [0.4, 0.5) is 5.69 Å². The lowest BCUT2D eigenvalue weighted by molar-refractivity contribution is -0.116. The third-order valence-corrected chi connectivity index (χ3v) is 7.32. The highest BCUT2D eigenvalue weighted by Crippen LogP contribution is 2.27. The molecule has 150 valence electrons. The summed E-state index contributed by atoms with van der Waals surface area (Å²) in [6.45, 7) is 1.12. The molecule has 1 aliphatic rings. The number of hydrogen-bond acceptors (Lipinski definition) is 4. The number of hydrogen-bond donors (Lipinski definition) is 1. The molecular weight excluding hydrogens is 491 g/mol. The number of methoxy groups -OCH3 is 1. The fourth-order valence-electron chi connectivity index (χ4n) is 3.19. The van der Waals surface area contributed by atoms with Crippen LogP contribution >= 0.6 is 22.6 Å². The van der Waals surface area contributed by atoms with E-state index in [4.69, 9.17) is 4.74 Å². The van der Waals surface area contributed by atoms with Crippen molar-refractivity contribution in [2.75, 3.05) is 25.5 Å². The van der Waals surface area contributed by atoms with Crippen LogP contribution in [0.1, 0.15) is 24.8 Å². The zero-order chi connectivity index (χ0) is 20.1. The Morgan fingerprint density at radius 2 is 1.82 bits per heavy atom. The number of nitrogens with zero attached hydrogens (tertiary/aromatic N) is 1. The van der Waals surface area contributed by atoms with Crippen LogP contribution in [0.2, 0.25) is 0 Å². The molecule has 1 aliphatic heterocycles. The Balaban J connectivity index is 1.71. The molecule has 0 unspecified atom stereocenters. The average Bonchev–Trinajstić information content (AvgIpc) is 3.23. The quantitative estimate of drug-likeness (QED) is 0.573. The third kappa shape index (κ3) is 5.03. The summed E-state index contributed by atoms with van der Waals surface area (Å²) < 4.78 is 33.6. The van der Waals surface area contributed by atoms with E-state index in [1.165, 1.54) is 4.31 Å². The van der Waals surface area contributed by atoms with Gasteiger partial charge in [-0.2, -0.15) is 4.31 Å². The monoisotopic (exact) mass is 514 g/mol. The van der Waals surface area contributed by atoms with Crippen LogP contribution in [0.25, 0.3) is 0 Å². The van der Waals surface area contributed by atoms with E-state index >= 15 is 0 Å². The first kappa shape index (κ1) is 21.1. The molecule has 0 saturated carbocycles. The van der Waals surface area contributed by atoms with Crippen LogP contribution in [-0.2, 0) is 21.2 Å². The van der Waals surface area contributed by atoms with E-state index in [9.17, 15) is 13.2 Å². The smallest absolute Gasteiger partial charge is 0.243 e. The molecule has 0 aromatic heterocycles. The minimum Gasteiger partial charge on any atom is -0.496 e. The van der Waals surface area contributed by atoms with Crippen molar-refractivity contribution in [3.05, 3.63) is 51.6 Å². The zero-order valence-electron chi connectivity index (χ0n) is 15.7. The summed E-state index contributed by atoms with van der Waals surface area (Å²) in [5, 5.41) is 2.86. The van der Waals surface area contributed by atoms with Crippen molar-refractivity contribution in [2.24, 2.45) is 0 Å². The molecule has 1 amide bonds. The highest BCUT2D eigenvalue weighted by Gasteiger charge is 2.27. The Morgan fingerprint density at radius 1 is 1.14 bits per heavy atom. The largest absolute Gasteiger partial charge is 0.496 e. The van der Waals surface area contributed by atoms with E-state index in [1.54, 1.807) is 25.3 Å². The van der Waals surface area contributed by atoms with E-state index in [-0.39, 0.29) is 17.2 Å². The summed E-state index contributed by atoms with van der Waals surface area (Å²) in [5.41, 5.74) is 1.45. The van der Waals surface area contributed by atoms with Gasteiger partial charge in [0.25, 0.3) is 0 Å². The zero-order valence-corrected chi connectivity index (χ0v) is 18.6. The molecule has 0 bridgehead atoms. The van der Waals surface area contributed by atoms with E-state index in [0.29, 0.717) is 30.8 Å². The minimum absolute atomic E-state index is 0.129. The Hall–Kier alpha value is -1.65. The third-order valence-electron chi connectivity index (χ3n) is 4.70. The molecule has 1 heterocycles. The molecule has 0 atom stereocenters. The van der Waals surface area contributed by atoms with Crippen LogP contribution in [-0.4, -0.2) is 38.8 Å². The summed E-state index contributed by atoms with van der Waals surface area (Å²) in [6, 6.07) is 12.4. The van der Waals surface area contributed by atoms with Gasteiger partial charge in [0, 0.05) is 28.8 Å². The van der Waals surface area contributed by atoms with E-state index in [1.807, 2.05) is 24.3 Å². The van der Waals surface area contributed by atoms with Crippen molar-refractivity contribution >= 4 is 44.2 Å². The van der Waals surface area contributed by atoms with Gasteiger partial charge in [-0.25, -0.2) is 8.42 Å². The first-order valence-corrected chi connectivity index (χ1v) is 11.6. The van der Waals surface area contributed by atoms with Crippen molar-refractivity contribution in [3.8, 4) is 5.75 Å². The lowest BCUT2D eigenvalue weighted by atomic mass is 10.1. The van der Waals surface area contributed by atoms with Gasteiger partial charge in [-0.05, 0) is 89.9 Å². The standard InChI is InChI=1S/C20H23IN2O4S/c1-27-19-10-9-18(28(25,26)23-12-2-3-13-23)14-15(19)4-11-20(24)22-17-7-5-16(21)6-8-17/h5-10,14H,2-4,11-13H2,1H3,(H,22,24). The Bertz CT molecular complexity index is 939. The molecule has 0 spiro atoms. The van der Waals surface area contributed by atoms with Crippen LogP contribution < -0.4 is 10.1 Å². The predicted molar refractivity (Wildman–Crippen MR) is 117 cm³/mol. The summed E-state index contributed by atoms with van der Waals surface area (Å²) in [6.07, 6.45) is 2.40. The molecule has 28 heavy (non-hydrogen) atoms. The highest BCUT2D eigenvalue weighted by molar-refractivity contribution is 14.1. The molecule has 1 fully saturated rings. The number of amides is 1. The van der Waals surface area contributed by atoms with E-state index < -0.39 is 10.0 Å². The number of halogens is 1. The fourth-order valence-corrected chi connectivity index (χ4v) is 5.12. The Kier molecular flexibility index (Phi) is 6.95.